The first-order valence-electron chi connectivity index (χ1n) is 11.1. The van der Waals surface area contributed by atoms with Crippen LogP contribution < -0.4 is 21.7 Å². The Labute approximate surface area is 194 Å². The molecule has 1 aromatic rings. The summed E-state index contributed by atoms with van der Waals surface area (Å²) in [6.45, 7) is 6.47. The highest BCUT2D eigenvalue weighted by molar-refractivity contribution is 5.94. The Bertz CT molecular complexity index is 801. The van der Waals surface area contributed by atoms with E-state index in [1.807, 2.05) is 13.0 Å². The van der Waals surface area contributed by atoms with Gasteiger partial charge in [0.2, 0.25) is 17.7 Å². The number of carbonyl (C=O) groups excluding carboxylic acids is 3. The third kappa shape index (κ3) is 8.82. The highest BCUT2D eigenvalue weighted by Gasteiger charge is 2.33. The fourth-order valence-electron chi connectivity index (χ4n) is 3.13. The summed E-state index contributed by atoms with van der Waals surface area (Å²) < 4.78 is 0. The van der Waals surface area contributed by atoms with E-state index in [4.69, 9.17) is 10.8 Å². The second kappa shape index (κ2) is 13.5. The Balaban J connectivity index is 3.00. The topological polar surface area (TPSA) is 171 Å². The van der Waals surface area contributed by atoms with Crippen LogP contribution in [0, 0.1) is 11.8 Å². The van der Waals surface area contributed by atoms with Crippen LogP contribution in [-0.4, -0.2) is 64.7 Å². The minimum Gasteiger partial charge on any atom is -0.480 e. The van der Waals surface area contributed by atoms with Gasteiger partial charge >= 0.3 is 5.97 Å². The van der Waals surface area contributed by atoms with Crippen LogP contribution in [-0.2, 0) is 25.6 Å². The third-order valence-electron chi connectivity index (χ3n) is 5.47. The fourth-order valence-corrected chi connectivity index (χ4v) is 3.13. The molecule has 0 saturated carbocycles. The van der Waals surface area contributed by atoms with Gasteiger partial charge in [-0.1, -0.05) is 64.4 Å². The molecule has 0 heterocycles. The molecule has 0 aromatic heterocycles. The molecule has 0 saturated heterocycles. The molecule has 0 radical (unpaired) electrons. The zero-order valence-electron chi connectivity index (χ0n) is 19.6. The molecule has 0 fully saturated rings. The number of hydrogen-bond donors (Lipinski definition) is 6. The minimum atomic E-state index is -1.19. The van der Waals surface area contributed by atoms with Crippen molar-refractivity contribution in [3.63, 3.8) is 0 Å². The zero-order chi connectivity index (χ0) is 25.1. The van der Waals surface area contributed by atoms with Crippen LogP contribution in [0.15, 0.2) is 30.3 Å². The number of nitrogens with one attached hydrogen (secondary N) is 3. The SMILES string of the molecule is CCC(C)C(NC(=O)C(NC(=O)C(N)CO)C(C)C)C(=O)NC(Cc1ccccc1)C(=O)O. The van der Waals surface area contributed by atoms with E-state index in [2.05, 4.69) is 16.0 Å². The Kier molecular flexibility index (Phi) is 11.5. The van der Waals surface area contributed by atoms with Crippen LogP contribution in [0.2, 0.25) is 0 Å². The number of nitrogens with two attached hydrogens (primary N) is 1. The van der Waals surface area contributed by atoms with Gasteiger partial charge in [0, 0.05) is 6.42 Å². The summed E-state index contributed by atoms with van der Waals surface area (Å²) >= 11 is 0. The summed E-state index contributed by atoms with van der Waals surface area (Å²) in [5.41, 5.74) is 6.26. The quantitative estimate of drug-likeness (QED) is 0.234. The molecule has 0 bridgehead atoms. The number of carboxylic acid groups (broad SMARTS) is 1. The molecule has 33 heavy (non-hydrogen) atoms. The molecule has 0 spiro atoms. The molecule has 10 heteroatoms. The minimum absolute atomic E-state index is 0.0901. The molecule has 10 nitrogen and oxygen atoms in total. The van der Waals surface area contributed by atoms with Crippen molar-refractivity contribution in [3.05, 3.63) is 35.9 Å². The molecule has 184 valence electrons. The van der Waals surface area contributed by atoms with Crippen LogP contribution in [0.1, 0.15) is 39.7 Å². The van der Waals surface area contributed by atoms with Gasteiger partial charge < -0.3 is 31.9 Å². The first-order valence-corrected chi connectivity index (χ1v) is 11.1. The number of aliphatic hydroxyl groups excluding tert-OH is 1. The Morgan fingerprint density at radius 1 is 0.909 bits per heavy atom. The third-order valence-corrected chi connectivity index (χ3v) is 5.47. The number of amides is 3. The molecule has 1 aromatic carbocycles. The van der Waals surface area contributed by atoms with Gasteiger partial charge in [-0.05, 0) is 17.4 Å². The van der Waals surface area contributed by atoms with Crippen LogP contribution in [0.3, 0.4) is 0 Å². The summed E-state index contributed by atoms with van der Waals surface area (Å²) in [5.74, 6) is -3.73. The first-order chi connectivity index (χ1) is 15.5. The van der Waals surface area contributed by atoms with Crippen molar-refractivity contribution in [1.82, 2.24) is 16.0 Å². The van der Waals surface area contributed by atoms with Gasteiger partial charge in [-0.25, -0.2) is 4.79 Å². The van der Waals surface area contributed by atoms with Crippen LogP contribution in [0.5, 0.6) is 0 Å². The lowest BCUT2D eigenvalue weighted by Crippen LogP contribution is -2.60. The fraction of sp³-hybridized carbons (Fsp3) is 0.565. The predicted octanol–water partition coefficient (Wildman–Crippen LogP) is -0.210. The van der Waals surface area contributed by atoms with E-state index in [0.29, 0.717) is 6.42 Å². The molecule has 7 N–H and O–H groups in total. The molecule has 0 aliphatic rings. The lowest BCUT2D eigenvalue weighted by molar-refractivity contribution is -0.142. The van der Waals surface area contributed by atoms with Gasteiger partial charge in [0.25, 0.3) is 0 Å². The number of hydrogen-bond acceptors (Lipinski definition) is 6. The van der Waals surface area contributed by atoms with E-state index in [1.54, 1.807) is 45.0 Å². The van der Waals surface area contributed by atoms with Crippen molar-refractivity contribution < 1.29 is 29.4 Å². The number of rotatable bonds is 13. The normalized spacial score (nSPS) is 15.6. The zero-order valence-corrected chi connectivity index (χ0v) is 19.6. The van der Waals surface area contributed by atoms with Gasteiger partial charge in [-0.15, -0.1) is 0 Å². The maximum atomic E-state index is 13.0. The van der Waals surface area contributed by atoms with Crippen LogP contribution in [0.25, 0.3) is 0 Å². The molecule has 3 amide bonds. The van der Waals surface area contributed by atoms with Gasteiger partial charge in [-0.3, -0.25) is 14.4 Å². The maximum Gasteiger partial charge on any atom is 0.326 e. The Morgan fingerprint density at radius 2 is 1.45 bits per heavy atom. The van der Waals surface area contributed by atoms with Crippen LogP contribution >= 0.6 is 0 Å². The number of carbonyl (C=O) groups is 4. The molecule has 0 aliphatic carbocycles. The largest absolute Gasteiger partial charge is 0.480 e. The van der Waals surface area contributed by atoms with Gasteiger partial charge in [-0.2, -0.15) is 0 Å². The lowest BCUT2D eigenvalue weighted by atomic mass is 9.95. The molecular weight excluding hydrogens is 428 g/mol. The summed E-state index contributed by atoms with van der Waals surface area (Å²) in [6, 6.07) is 4.55. The number of carboxylic acids is 1. The number of aliphatic carboxylic acids is 1. The smallest absolute Gasteiger partial charge is 0.326 e. The highest BCUT2D eigenvalue weighted by atomic mass is 16.4. The highest BCUT2D eigenvalue weighted by Crippen LogP contribution is 2.12. The summed E-state index contributed by atoms with van der Waals surface area (Å²) in [6.07, 6.45) is 0.635. The van der Waals surface area contributed by atoms with Crippen molar-refractivity contribution in [2.45, 2.75) is 64.7 Å². The maximum absolute atomic E-state index is 13.0. The summed E-state index contributed by atoms with van der Waals surface area (Å²) in [7, 11) is 0. The molecular formula is C23H36N4O6. The van der Waals surface area contributed by atoms with Gasteiger partial charge in [0.15, 0.2) is 0 Å². The average Bonchev–Trinajstić information content (AvgIpc) is 2.79. The monoisotopic (exact) mass is 464 g/mol. The van der Waals surface area contributed by atoms with E-state index in [9.17, 15) is 24.3 Å². The van der Waals surface area contributed by atoms with E-state index < -0.39 is 54.5 Å². The van der Waals surface area contributed by atoms with Crippen LogP contribution in [0.4, 0.5) is 0 Å². The lowest BCUT2D eigenvalue weighted by Gasteiger charge is -2.29. The molecule has 1 rings (SSSR count). The molecule has 0 aliphatic heterocycles. The van der Waals surface area contributed by atoms with Crippen molar-refractivity contribution in [2.24, 2.45) is 17.6 Å². The molecule has 5 unspecified atom stereocenters. The Morgan fingerprint density at radius 3 is 1.94 bits per heavy atom. The van der Waals surface area contributed by atoms with E-state index >= 15 is 0 Å². The van der Waals surface area contributed by atoms with Crippen molar-refractivity contribution in [3.8, 4) is 0 Å². The van der Waals surface area contributed by atoms with Crippen molar-refractivity contribution >= 4 is 23.7 Å². The van der Waals surface area contributed by atoms with E-state index in [1.165, 1.54) is 0 Å². The summed E-state index contributed by atoms with van der Waals surface area (Å²) in [4.78, 5) is 49.8. The average molecular weight is 465 g/mol. The second-order valence-electron chi connectivity index (χ2n) is 8.48. The van der Waals surface area contributed by atoms with Crippen molar-refractivity contribution in [2.75, 3.05) is 6.61 Å². The standard InChI is InChI=1S/C23H36N4O6/c1-5-14(4)19(27-21(30)18(13(2)3)26-20(29)16(24)12-28)22(31)25-17(23(32)33)11-15-9-7-6-8-10-15/h6-10,13-14,16-19,28H,5,11-12,24H2,1-4H3,(H,25,31)(H,26,29)(H,27,30)(H,32,33). The second-order valence-corrected chi connectivity index (χ2v) is 8.48. The van der Waals surface area contributed by atoms with Gasteiger partial charge in [0.05, 0.1) is 6.61 Å². The number of aliphatic hydroxyl groups is 1. The van der Waals surface area contributed by atoms with Gasteiger partial charge in [0.1, 0.15) is 24.2 Å². The number of benzene rings is 1. The van der Waals surface area contributed by atoms with E-state index in [-0.39, 0.29) is 18.3 Å². The Hall–Kier alpha value is -2.98. The molecule has 5 atom stereocenters. The van der Waals surface area contributed by atoms with E-state index in [0.717, 1.165) is 5.56 Å². The predicted molar refractivity (Wildman–Crippen MR) is 123 cm³/mol. The summed E-state index contributed by atoms with van der Waals surface area (Å²) in [5, 5.41) is 26.3. The first kappa shape index (κ1) is 28.1. The van der Waals surface area contributed by atoms with Crippen molar-refractivity contribution in [1.29, 1.82) is 0 Å².